The lowest BCUT2D eigenvalue weighted by Crippen LogP contribution is -2.32. The summed E-state index contributed by atoms with van der Waals surface area (Å²) in [5.41, 5.74) is 3.11. The van der Waals surface area contributed by atoms with Crippen molar-refractivity contribution in [3.63, 3.8) is 0 Å². The smallest absolute Gasteiger partial charge is 0.250 e. The highest BCUT2D eigenvalue weighted by molar-refractivity contribution is 7.80. The van der Waals surface area contributed by atoms with E-state index in [-0.39, 0.29) is 16.9 Å². The van der Waals surface area contributed by atoms with Gasteiger partial charge in [0, 0.05) is 34.0 Å². The highest BCUT2D eigenvalue weighted by Gasteiger charge is 2.09. The Bertz CT molecular complexity index is 1220. The number of hydrogen-bond acceptors (Lipinski definition) is 4. The number of carbonyl (C=O) groups excluding carboxylic acids is 2. The topological polar surface area (TPSA) is 83.4 Å². The summed E-state index contributed by atoms with van der Waals surface area (Å²) < 4.78 is 5.77. The summed E-state index contributed by atoms with van der Waals surface area (Å²) in [7, 11) is 0. The molecule has 0 atom stereocenters. The van der Waals surface area contributed by atoms with E-state index in [1.54, 1.807) is 36.4 Å². The Morgan fingerprint density at radius 1 is 1.03 bits per heavy atom. The Kier molecular flexibility index (Phi) is 8.03. The van der Waals surface area contributed by atoms with Gasteiger partial charge in [-0.3, -0.25) is 14.9 Å². The van der Waals surface area contributed by atoms with Crippen molar-refractivity contribution >= 4 is 58.2 Å². The van der Waals surface area contributed by atoms with E-state index in [1.807, 2.05) is 45.0 Å². The maximum Gasteiger partial charge on any atom is 0.250 e. The van der Waals surface area contributed by atoms with Gasteiger partial charge in [0.1, 0.15) is 11.5 Å². The quantitative estimate of drug-likeness (QED) is 0.296. The first-order valence-corrected chi connectivity index (χ1v) is 11.1. The van der Waals surface area contributed by atoms with Crippen LogP contribution in [0.2, 0.25) is 5.02 Å². The molecule has 3 rings (SSSR count). The van der Waals surface area contributed by atoms with Crippen LogP contribution in [0.25, 0.3) is 17.4 Å². The van der Waals surface area contributed by atoms with Crippen LogP contribution in [0.15, 0.2) is 65.1 Å². The van der Waals surface area contributed by atoms with E-state index in [0.29, 0.717) is 27.9 Å². The normalized spacial score (nSPS) is 10.9. The molecular formula is C25H24ClN3O3S. The average Bonchev–Trinajstić information content (AvgIpc) is 3.23. The largest absolute Gasteiger partial charge is 0.457 e. The van der Waals surface area contributed by atoms with Gasteiger partial charge in [0.2, 0.25) is 11.8 Å². The van der Waals surface area contributed by atoms with E-state index in [2.05, 4.69) is 16.0 Å². The molecule has 3 aromatic rings. The van der Waals surface area contributed by atoms with Gasteiger partial charge in [-0.25, -0.2) is 0 Å². The Balaban J connectivity index is 1.55. The van der Waals surface area contributed by atoms with Crippen molar-refractivity contribution in [2.45, 2.75) is 20.8 Å². The van der Waals surface area contributed by atoms with Crippen LogP contribution in [0.1, 0.15) is 25.2 Å². The van der Waals surface area contributed by atoms with Crippen LogP contribution in [0, 0.1) is 12.8 Å². The SMILES string of the molecule is Cc1ccc(-c2ccc(C=CC(=O)NC(=S)Nc3cccc(NC(=O)C(C)C)c3)o2)cc1Cl. The standard InChI is InChI=1S/C25H24ClN3O3S/c1-15(2)24(31)27-18-5-4-6-19(14-18)28-25(33)29-23(30)12-10-20-9-11-22(32-20)17-8-7-16(3)21(26)13-17/h4-15H,1-3H3,(H,27,31)(H2,28,29,30,33). The fraction of sp³-hybridized carbons (Fsp3) is 0.160. The van der Waals surface area contributed by atoms with Crippen LogP contribution in [0.4, 0.5) is 11.4 Å². The van der Waals surface area contributed by atoms with Gasteiger partial charge in [0.25, 0.3) is 0 Å². The summed E-state index contributed by atoms with van der Waals surface area (Å²) in [5, 5.41) is 9.11. The summed E-state index contributed by atoms with van der Waals surface area (Å²) in [6, 6.07) is 16.3. The van der Waals surface area contributed by atoms with Crippen molar-refractivity contribution in [2.75, 3.05) is 10.6 Å². The number of aryl methyl sites for hydroxylation is 1. The van der Waals surface area contributed by atoms with Crippen LogP contribution >= 0.6 is 23.8 Å². The molecule has 2 aromatic carbocycles. The number of amides is 2. The molecule has 170 valence electrons. The van der Waals surface area contributed by atoms with Gasteiger partial charge in [-0.1, -0.05) is 43.6 Å². The molecule has 8 heteroatoms. The summed E-state index contributed by atoms with van der Waals surface area (Å²) in [4.78, 5) is 24.1. The maximum atomic E-state index is 12.2. The minimum absolute atomic E-state index is 0.0836. The van der Waals surface area contributed by atoms with Crippen LogP contribution < -0.4 is 16.0 Å². The summed E-state index contributed by atoms with van der Waals surface area (Å²) in [5.74, 6) is 0.546. The van der Waals surface area contributed by atoms with Gasteiger partial charge in [-0.15, -0.1) is 0 Å². The number of furan rings is 1. The first-order chi connectivity index (χ1) is 15.7. The zero-order valence-corrected chi connectivity index (χ0v) is 20.0. The van der Waals surface area contributed by atoms with Crippen molar-refractivity contribution in [1.82, 2.24) is 5.32 Å². The van der Waals surface area contributed by atoms with Crippen LogP contribution in [0.5, 0.6) is 0 Å². The maximum absolute atomic E-state index is 12.2. The molecule has 0 saturated carbocycles. The molecule has 0 radical (unpaired) electrons. The van der Waals surface area contributed by atoms with Gasteiger partial charge in [-0.05, 0) is 67.2 Å². The van der Waals surface area contributed by atoms with E-state index < -0.39 is 5.91 Å². The third kappa shape index (κ3) is 7.03. The molecule has 2 amide bonds. The molecule has 3 N–H and O–H groups in total. The molecule has 0 aliphatic heterocycles. The first kappa shape index (κ1) is 24.2. The summed E-state index contributed by atoms with van der Waals surface area (Å²) in [6.45, 7) is 5.57. The molecule has 0 aliphatic rings. The minimum Gasteiger partial charge on any atom is -0.457 e. The molecule has 0 saturated heterocycles. The molecule has 0 unspecified atom stereocenters. The van der Waals surface area contributed by atoms with Gasteiger partial charge in [-0.2, -0.15) is 0 Å². The highest BCUT2D eigenvalue weighted by Crippen LogP contribution is 2.27. The first-order valence-electron chi connectivity index (χ1n) is 10.3. The lowest BCUT2D eigenvalue weighted by Gasteiger charge is -2.11. The number of halogens is 1. The fourth-order valence-electron chi connectivity index (χ4n) is 2.78. The average molecular weight is 482 g/mol. The van der Waals surface area contributed by atoms with Gasteiger partial charge < -0.3 is 15.1 Å². The fourth-order valence-corrected chi connectivity index (χ4v) is 3.18. The Hall–Kier alpha value is -3.42. The van der Waals surface area contributed by atoms with Gasteiger partial charge in [0.15, 0.2) is 5.11 Å². The third-order valence-electron chi connectivity index (χ3n) is 4.63. The molecule has 1 heterocycles. The molecule has 0 bridgehead atoms. The van der Waals surface area contributed by atoms with Crippen molar-refractivity contribution in [1.29, 1.82) is 0 Å². The highest BCUT2D eigenvalue weighted by atomic mass is 35.5. The molecule has 0 fully saturated rings. The van der Waals surface area contributed by atoms with E-state index in [9.17, 15) is 9.59 Å². The van der Waals surface area contributed by atoms with Crippen molar-refractivity contribution in [2.24, 2.45) is 5.92 Å². The zero-order valence-electron chi connectivity index (χ0n) is 18.4. The third-order valence-corrected chi connectivity index (χ3v) is 5.24. The lowest BCUT2D eigenvalue weighted by molar-refractivity contribution is -0.119. The van der Waals surface area contributed by atoms with E-state index in [0.717, 1.165) is 11.1 Å². The molecular weight excluding hydrogens is 458 g/mol. The van der Waals surface area contributed by atoms with Gasteiger partial charge in [0.05, 0.1) is 0 Å². The second-order valence-electron chi connectivity index (χ2n) is 7.67. The summed E-state index contributed by atoms with van der Waals surface area (Å²) in [6.07, 6.45) is 2.89. The number of rotatable bonds is 6. The Morgan fingerprint density at radius 2 is 1.76 bits per heavy atom. The molecule has 6 nitrogen and oxygen atoms in total. The monoisotopic (exact) mass is 481 g/mol. The number of thiocarbonyl (C=S) groups is 1. The minimum atomic E-state index is -0.409. The van der Waals surface area contributed by atoms with E-state index in [4.69, 9.17) is 28.2 Å². The van der Waals surface area contributed by atoms with E-state index >= 15 is 0 Å². The van der Waals surface area contributed by atoms with Crippen LogP contribution in [0.3, 0.4) is 0 Å². The Morgan fingerprint density at radius 3 is 2.45 bits per heavy atom. The zero-order chi connectivity index (χ0) is 24.0. The predicted octanol–water partition coefficient (Wildman–Crippen LogP) is 6.03. The predicted molar refractivity (Wildman–Crippen MR) is 137 cm³/mol. The Labute approximate surface area is 203 Å². The van der Waals surface area contributed by atoms with E-state index in [1.165, 1.54) is 6.08 Å². The lowest BCUT2D eigenvalue weighted by atomic mass is 10.1. The van der Waals surface area contributed by atoms with Gasteiger partial charge >= 0.3 is 0 Å². The van der Waals surface area contributed by atoms with Crippen LogP contribution in [-0.2, 0) is 9.59 Å². The molecule has 1 aromatic heterocycles. The van der Waals surface area contributed by atoms with Crippen LogP contribution in [-0.4, -0.2) is 16.9 Å². The second kappa shape index (κ2) is 10.9. The number of benzene rings is 2. The van der Waals surface area contributed by atoms with Crippen molar-refractivity contribution in [3.8, 4) is 11.3 Å². The second-order valence-corrected chi connectivity index (χ2v) is 8.48. The number of anilines is 2. The van der Waals surface area contributed by atoms with Crippen molar-refractivity contribution < 1.29 is 14.0 Å². The number of nitrogens with one attached hydrogen (secondary N) is 3. The number of hydrogen-bond donors (Lipinski definition) is 3. The summed E-state index contributed by atoms with van der Waals surface area (Å²) >= 11 is 11.4. The molecule has 33 heavy (non-hydrogen) atoms. The molecule has 0 aliphatic carbocycles. The molecule has 0 spiro atoms. The van der Waals surface area contributed by atoms with Crippen molar-refractivity contribution in [3.05, 3.63) is 77.0 Å². The number of carbonyl (C=O) groups is 2.